The highest BCUT2D eigenvalue weighted by Gasteiger charge is 2.02. The zero-order valence-electron chi connectivity index (χ0n) is 10.6. The second-order valence-electron chi connectivity index (χ2n) is 4.25. The first kappa shape index (κ1) is 13.6. The van der Waals surface area contributed by atoms with Crippen LogP contribution in [0.3, 0.4) is 0 Å². The number of aromatic nitrogens is 1. The molecule has 1 amide bonds. The van der Waals surface area contributed by atoms with E-state index in [0.29, 0.717) is 6.42 Å². The van der Waals surface area contributed by atoms with E-state index in [1.807, 2.05) is 24.5 Å². The SMILES string of the molecule is CN(C)C(=O)CCCNCCc1ccncc1. The van der Waals surface area contributed by atoms with Crippen LogP contribution in [0.25, 0.3) is 0 Å². The van der Waals surface area contributed by atoms with Crippen molar-refractivity contribution in [2.45, 2.75) is 19.3 Å². The van der Waals surface area contributed by atoms with Gasteiger partial charge in [0.15, 0.2) is 0 Å². The van der Waals surface area contributed by atoms with Crippen LogP contribution < -0.4 is 5.32 Å². The van der Waals surface area contributed by atoms with Gasteiger partial charge in [-0.05, 0) is 43.6 Å². The zero-order valence-corrected chi connectivity index (χ0v) is 10.6. The first-order valence-electron chi connectivity index (χ1n) is 6.00. The third kappa shape index (κ3) is 6.02. The molecule has 0 aliphatic rings. The van der Waals surface area contributed by atoms with Crippen molar-refractivity contribution in [2.75, 3.05) is 27.2 Å². The van der Waals surface area contributed by atoms with Gasteiger partial charge in [0.2, 0.25) is 5.91 Å². The van der Waals surface area contributed by atoms with Gasteiger partial charge in [-0.15, -0.1) is 0 Å². The third-order valence-electron chi connectivity index (χ3n) is 2.58. The minimum atomic E-state index is 0.195. The molecule has 1 rings (SSSR count). The molecule has 0 fully saturated rings. The van der Waals surface area contributed by atoms with Crippen LogP contribution in [0.2, 0.25) is 0 Å². The summed E-state index contributed by atoms with van der Waals surface area (Å²) in [6.07, 6.45) is 6.14. The van der Waals surface area contributed by atoms with Crippen LogP contribution in [-0.2, 0) is 11.2 Å². The van der Waals surface area contributed by atoms with Crippen LogP contribution in [-0.4, -0.2) is 43.0 Å². The Morgan fingerprint density at radius 3 is 2.65 bits per heavy atom. The highest BCUT2D eigenvalue weighted by atomic mass is 16.2. The first-order valence-corrected chi connectivity index (χ1v) is 6.00. The Morgan fingerprint density at radius 2 is 2.00 bits per heavy atom. The number of hydrogen-bond acceptors (Lipinski definition) is 3. The molecule has 0 aromatic carbocycles. The predicted molar refractivity (Wildman–Crippen MR) is 68.7 cm³/mol. The van der Waals surface area contributed by atoms with Crippen LogP contribution in [0.4, 0.5) is 0 Å². The molecule has 1 heterocycles. The fourth-order valence-electron chi connectivity index (χ4n) is 1.50. The molecule has 17 heavy (non-hydrogen) atoms. The van der Waals surface area contributed by atoms with Crippen LogP contribution in [0.5, 0.6) is 0 Å². The molecular formula is C13H21N3O. The standard InChI is InChI=1S/C13H21N3O/c1-16(2)13(17)4-3-8-14-9-5-12-6-10-15-11-7-12/h6-7,10-11,14H,3-5,8-9H2,1-2H3. The first-order chi connectivity index (χ1) is 8.20. The fourth-order valence-corrected chi connectivity index (χ4v) is 1.50. The lowest BCUT2D eigenvalue weighted by molar-refractivity contribution is -0.128. The maximum atomic E-state index is 11.3. The molecule has 0 spiro atoms. The van der Waals surface area contributed by atoms with Crippen LogP contribution >= 0.6 is 0 Å². The third-order valence-corrected chi connectivity index (χ3v) is 2.58. The van der Waals surface area contributed by atoms with Gasteiger partial charge in [0.25, 0.3) is 0 Å². The van der Waals surface area contributed by atoms with Gasteiger partial charge in [-0.3, -0.25) is 9.78 Å². The molecule has 0 atom stereocenters. The van der Waals surface area contributed by atoms with E-state index in [4.69, 9.17) is 0 Å². The van der Waals surface area contributed by atoms with E-state index >= 15 is 0 Å². The van der Waals surface area contributed by atoms with Crippen molar-refractivity contribution in [3.05, 3.63) is 30.1 Å². The van der Waals surface area contributed by atoms with E-state index in [0.717, 1.165) is 25.9 Å². The number of hydrogen-bond donors (Lipinski definition) is 1. The summed E-state index contributed by atoms with van der Waals surface area (Å²) in [4.78, 5) is 16.9. The summed E-state index contributed by atoms with van der Waals surface area (Å²) >= 11 is 0. The van der Waals surface area contributed by atoms with Crippen LogP contribution in [0.1, 0.15) is 18.4 Å². The Labute approximate surface area is 103 Å². The van der Waals surface area contributed by atoms with Crippen molar-refractivity contribution in [2.24, 2.45) is 0 Å². The largest absolute Gasteiger partial charge is 0.349 e. The van der Waals surface area contributed by atoms with E-state index in [2.05, 4.69) is 10.3 Å². The number of carbonyl (C=O) groups excluding carboxylic acids is 1. The molecule has 1 aromatic rings. The maximum absolute atomic E-state index is 11.3. The minimum Gasteiger partial charge on any atom is -0.349 e. The lowest BCUT2D eigenvalue weighted by Gasteiger charge is -2.10. The van der Waals surface area contributed by atoms with E-state index in [-0.39, 0.29) is 5.91 Å². The number of carbonyl (C=O) groups is 1. The molecule has 0 saturated carbocycles. The lowest BCUT2D eigenvalue weighted by Crippen LogP contribution is -2.24. The van der Waals surface area contributed by atoms with Crippen molar-refractivity contribution in [1.29, 1.82) is 0 Å². The summed E-state index contributed by atoms with van der Waals surface area (Å²) in [5.41, 5.74) is 1.29. The summed E-state index contributed by atoms with van der Waals surface area (Å²) in [7, 11) is 3.58. The van der Waals surface area contributed by atoms with Crippen molar-refractivity contribution in [3.8, 4) is 0 Å². The van der Waals surface area contributed by atoms with E-state index in [1.54, 1.807) is 19.0 Å². The van der Waals surface area contributed by atoms with Gasteiger partial charge in [0.05, 0.1) is 0 Å². The quantitative estimate of drug-likeness (QED) is 0.719. The minimum absolute atomic E-state index is 0.195. The molecule has 1 N–H and O–H groups in total. The summed E-state index contributed by atoms with van der Waals surface area (Å²) in [6, 6.07) is 4.05. The molecule has 0 aliphatic heterocycles. The summed E-state index contributed by atoms with van der Waals surface area (Å²) in [6.45, 7) is 1.84. The van der Waals surface area contributed by atoms with Gasteiger partial charge in [-0.1, -0.05) is 0 Å². The lowest BCUT2D eigenvalue weighted by atomic mass is 10.2. The smallest absolute Gasteiger partial charge is 0.222 e. The van der Waals surface area contributed by atoms with Crippen molar-refractivity contribution < 1.29 is 4.79 Å². The van der Waals surface area contributed by atoms with Gasteiger partial charge in [0.1, 0.15) is 0 Å². The monoisotopic (exact) mass is 235 g/mol. The number of nitrogens with one attached hydrogen (secondary N) is 1. The Balaban J connectivity index is 2.00. The van der Waals surface area contributed by atoms with E-state index in [9.17, 15) is 4.79 Å². The van der Waals surface area contributed by atoms with Gasteiger partial charge < -0.3 is 10.2 Å². The highest BCUT2D eigenvalue weighted by Crippen LogP contribution is 1.96. The Kier molecular flexibility index (Phi) is 6.25. The molecule has 1 aromatic heterocycles. The topological polar surface area (TPSA) is 45.2 Å². The van der Waals surface area contributed by atoms with Crippen molar-refractivity contribution >= 4 is 5.91 Å². The highest BCUT2D eigenvalue weighted by molar-refractivity contribution is 5.75. The Hall–Kier alpha value is -1.42. The van der Waals surface area contributed by atoms with Gasteiger partial charge in [-0.2, -0.15) is 0 Å². The second kappa shape index (κ2) is 7.79. The normalized spacial score (nSPS) is 10.2. The fraction of sp³-hybridized carbons (Fsp3) is 0.538. The Bertz CT molecular complexity index is 325. The molecule has 94 valence electrons. The summed E-state index contributed by atoms with van der Waals surface area (Å²) in [5.74, 6) is 0.195. The molecule has 0 radical (unpaired) electrons. The molecule has 0 unspecified atom stereocenters. The average Bonchev–Trinajstić information content (AvgIpc) is 2.34. The van der Waals surface area contributed by atoms with Crippen LogP contribution in [0.15, 0.2) is 24.5 Å². The predicted octanol–water partition coefficient (Wildman–Crippen LogP) is 1.08. The van der Waals surface area contributed by atoms with Crippen molar-refractivity contribution in [1.82, 2.24) is 15.2 Å². The number of pyridine rings is 1. The van der Waals surface area contributed by atoms with Crippen LogP contribution in [0, 0.1) is 0 Å². The Morgan fingerprint density at radius 1 is 1.29 bits per heavy atom. The van der Waals surface area contributed by atoms with E-state index in [1.165, 1.54) is 5.56 Å². The summed E-state index contributed by atoms with van der Waals surface area (Å²) < 4.78 is 0. The summed E-state index contributed by atoms with van der Waals surface area (Å²) in [5, 5.41) is 3.34. The zero-order chi connectivity index (χ0) is 12.5. The average molecular weight is 235 g/mol. The maximum Gasteiger partial charge on any atom is 0.222 e. The van der Waals surface area contributed by atoms with Gasteiger partial charge >= 0.3 is 0 Å². The van der Waals surface area contributed by atoms with Gasteiger partial charge in [-0.25, -0.2) is 0 Å². The molecule has 4 nitrogen and oxygen atoms in total. The number of amides is 1. The molecule has 0 bridgehead atoms. The van der Waals surface area contributed by atoms with Gasteiger partial charge in [0, 0.05) is 32.9 Å². The number of nitrogens with zero attached hydrogens (tertiary/aromatic N) is 2. The molecule has 0 aliphatic carbocycles. The molecule has 0 saturated heterocycles. The second-order valence-corrected chi connectivity index (χ2v) is 4.25. The van der Waals surface area contributed by atoms with E-state index < -0.39 is 0 Å². The molecular weight excluding hydrogens is 214 g/mol. The molecule has 4 heteroatoms. The van der Waals surface area contributed by atoms with Crippen molar-refractivity contribution in [3.63, 3.8) is 0 Å². The number of rotatable bonds is 7.